The van der Waals surface area contributed by atoms with Crippen molar-refractivity contribution in [1.29, 1.82) is 0 Å². The average molecular weight is 501 g/mol. The molecule has 0 aromatic rings. The van der Waals surface area contributed by atoms with E-state index in [4.69, 9.17) is 0 Å². The van der Waals surface area contributed by atoms with Gasteiger partial charge in [-0.1, -0.05) is 48.0 Å². The Morgan fingerprint density at radius 3 is 1.53 bits per heavy atom. The number of likely N-dealkylation sites (tertiary alicyclic amines) is 2. The molecule has 2 N–H and O–H groups in total. The topological polar surface area (TPSA) is 64.7 Å². The third-order valence-corrected chi connectivity index (χ3v) is 10.3. The molecule has 36 heavy (non-hydrogen) atoms. The Morgan fingerprint density at radius 2 is 1.11 bits per heavy atom. The van der Waals surface area contributed by atoms with Crippen LogP contribution in [0.15, 0.2) is 0 Å². The van der Waals surface area contributed by atoms with Crippen molar-refractivity contribution in [3.63, 3.8) is 0 Å². The van der Waals surface area contributed by atoms with E-state index in [1.807, 2.05) is 0 Å². The van der Waals surface area contributed by atoms with Crippen LogP contribution in [0, 0.1) is 33.5 Å². The second-order valence-electron chi connectivity index (χ2n) is 16.0. The maximum absolute atomic E-state index is 13.1. The van der Waals surface area contributed by atoms with Gasteiger partial charge in [0, 0.05) is 38.3 Å². The fourth-order valence-electron chi connectivity index (χ4n) is 9.83. The molecule has 5 rings (SSSR count). The van der Waals surface area contributed by atoms with Crippen molar-refractivity contribution in [3.8, 4) is 0 Å². The van der Waals surface area contributed by atoms with E-state index in [2.05, 4.69) is 62.0 Å². The molecule has 3 aliphatic carbocycles. The smallest absolute Gasteiger partial charge is 0.317 e. The first kappa shape index (κ1) is 26.2. The monoisotopic (exact) mass is 500 g/mol. The van der Waals surface area contributed by atoms with E-state index >= 15 is 0 Å². The summed E-state index contributed by atoms with van der Waals surface area (Å²) in [6, 6.07) is 1.08. The molecule has 2 saturated heterocycles. The maximum atomic E-state index is 13.1. The van der Waals surface area contributed by atoms with Gasteiger partial charge in [0.25, 0.3) is 0 Å². The molecule has 0 unspecified atom stereocenters. The van der Waals surface area contributed by atoms with Crippen molar-refractivity contribution in [3.05, 3.63) is 0 Å². The van der Waals surface area contributed by atoms with Gasteiger partial charge in [-0.3, -0.25) is 0 Å². The van der Waals surface area contributed by atoms with Gasteiger partial charge in [0.05, 0.1) is 0 Å². The molecule has 5 aliphatic rings. The maximum Gasteiger partial charge on any atom is 0.317 e. The van der Waals surface area contributed by atoms with E-state index in [1.165, 1.54) is 32.1 Å². The van der Waals surface area contributed by atoms with E-state index in [1.54, 1.807) is 0 Å². The zero-order valence-electron chi connectivity index (χ0n) is 23.9. The van der Waals surface area contributed by atoms with Crippen molar-refractivity contribution in [2.24, 2.45) is 33.5 Å². The molecule has 2 aliphatic heterocycles. The van der Waals surface area contributed by atoms with Crippen LogP contribution in [0.4, 0.5) is 9.59 Å². The van der Waals surface area contributed by atoms with Crippen LogP contribution in [0.2, 0.25) is 0 Å². The Morgan fingerprint density at radius 1 is 0.694 bits per heavy atom. The molecule has 3 saturated carbocycles. The number of fused-ring (bicyclic) bond motifs is 4. The fraction of sp³-hybridized carbons (Fsp3) is 0.933. The van der Waals surface area contributed by atoms with E-state index in [0.717, 1.165) is 58.3 Å². The van der Waals surface area contributed by atoms with E-state index in [-0.39, 0.29) is 22.9 Å². The molecular weight excluding hydrogens is 448 g/mol. The highest BCUT2D eigenvalue weighted by atomic mass is 16.2. The molecule has 4 bridgehead atoms. The summed E-state index contributed by atoms with van der Waals surface area (Å²) in [5, 5.41) is 6.62. The van der Waals surface area contributed by atoms with Crippen LogP contribution < -0.4 is 10.6 Å². The number of nitrogens with one attached hydrogen (secondary N) is 2. The highest BCUT2D eigenvalue weighted by Crippen LogP contribution is 2.53. The first-order valence-electron chi connectivity index (χ1n) is 14.8. The number of rotatable bonds is 4. The van der Waals surface area contributed by atoms with Gasteiger partial charge >= 0.3 is 12.1 Å². The van der Waals surface area contributed by atoms with Crippen molar-refractivity contribution >= 4 is 12.1 Å². The molecule has 0 aromatic heterocycles. The molecule has 6 atom stereocenters. The predicted molar refractivity (Wildman–Crippen MR) is 145 cm³/mol. The second kappa shape index (κ2) is 9.08. The van der Waals surface area contributed by atoms with Crippen molar-refractivity contribution in [1.82, 2.24) is 20.4 Å². The quantitative estimate of drug-likeness (QED) is 0.496. The van der Waals surface area contributed by atoms with Gasteiger partial charge in [-0.15, -0.1) is 0 Å². The summed E-state index contributed by atoms with van der Waals surface area (Å²) >= 11 is 0. The summed E-state index contributed by atoms with van der Waals surface area (Å²) in [5.74, 6) is 1.04. The highest BCUT2D eigenvalue weighted by Gasteiger charge is 2.52. The lowest BCUT2D eigenvalue weighted by molar-refractivity contribution is 0.128. The van der Waals surface area contributed by atoms with Gasteiger partial charge < -0.3 is 20.4 Å². The van der Waals surface area contributed by atoms with Gasteiger partial charge in [-0.2, -0.15) is 0 Å². The van der Waals surface area contributed by atoms with E-state index in [0.29, 0.717) is 34.7 Å². The van der Waals surface area contributed by atoms with Crippen LogP contribution in [-0.4, -0.2) is 60.1 Å². The lowest BCUT2D eigenvalue weighted by atomic mass is 9.65. The molecule has 0 aromatic carbocycles. The summed E-state index contributed by atoms with van der Waals surface area (Å²) in [5.41, 5.74) is 1.21. The Labute approximate surface area is 219 Å². The third-order valence-electron chi connectivity index (χ3n) is 10.3. The predicted octanol–water partition coefficient (Wildman–Crippen LogP) is 6.01. The van der Waals surface area contributed by atoms with Crippen LogP contribution >= 0.6 is 0 Å². The van der Waals surface area contributed by atoms with Gasteiger partial charge in [0.1, 0.15) is 0 Å². The minimum absolute atomic E-state index is 0.147. The molecule has 2 heterocycles. The molecular formula is C30H52N4O2. The molecule has 6 nitrogen and oxygen atoms in total. The number of hydrogen-bond donors (Lipinski definition) is 2. The standard InChI is InChI=1S/C30H52N4O2/c1-27(2)11-23-13-29(5,17-27)19-33(23)25(35)31-15-21-8-7-9-22(10-21)16-32-26(36)34-20-30(6)14-24(34)12-28(3,4)18-30/h21-24H,7-20H2,1-6H3,(H,31,35)(H,32,36)/t21-,22+,23-,24-,29+,30+/m0/s1. The van der Waals surface area contributed by atoms with Gasteiger partial charge in [0.2, 0.25) is 0 Å². The number of carbonyl (C=O) groups excluding carboxylic acids is 2. The van der Waals surface area contributed by atoms with E-state index < -0.39 is 0 Å². The number of hydrogen-bond acceptors (Lipinski definition) is 2. The van der Waals surface area contributed by atoms with Gasteiger partial charge in [-0.25, -0.2) is 9.59 Å². The van der Waals surface area contributed by atoms with Crippen LogP contribution in [0.3, 0.4) is 0 Å². The summed E-state index contributed by atoms with van der Waals surface area (Å²) in [7, 11) is 0. The van der Waals surface area contributed by atoms with Gasteiger partial charge in [-0.05, 0) is 91.3 Å². The summed E-state index contributed by atoms with van der Waals surface area (Å²) in [6.45, 7) is 17.5. The summed E-state index contributed by atoms with van der Waals surface area (Å²) < 4.78 is 0. The summed E-state index contributed by atoms with van der Waals surface area (Å²) in [6.07, 6.45) is 11.6. The SMILES string of the molecule is CC1(C)C[C@H]2C[C@@](C)(CN2C(=O)NC[C@H]2CCC[C@@H](CNC(=O)N3C[C@]4(C)C[C@@H]3CC(C)(C)C4)C2)C1. The number of urea groups is 2. The van der Waals surface area contributed by atoms with Crippen LogP contribution in [-0.2, 0) is 0 Å². The van der Waals surface area contributed by atoms with Gasteiger partial charge in [0.15, 0.2) is 0 Å². The Bertz CT molecular complexity index is 803. The Balaban J connectivity index is 1.07. The minimum atomic E-state index is 0.147. The second-order valence-corrected chi connectivity index (χ2v) is 16.0. The molecule has 4 amide bonds. The molecule has 0 spiro atoms. The van der Waals surface area contributed by atoms with Crippen molar-refractivity contribution in [2.45, 2.75) is 118 Å². The lowest BCUT2D eigenvalue weighted by Gasteiger charge is -2.39. The Hall–Kier alpha value is -1.46. The molecule has 204 valence electrons. The van der Waals surface area contributed by atoms with Crippen molar-refractivity contribution < 1.29 is 9.59 Å². The van der Waals surface area contributed by atoms with Crippen LogP contribution in [0.25, 0.3) is 0 Å². The zero-order valence-corrected chi connectivity index (χ0v) is 23.9. The van der Waals surface area contributed by atoms with Crippen LogP contribution in [0.1, 0.15) is 106 Å². The number of amides is 4. The molecule has 6 heteroatoms. The minimum Gasteiger partial charge on any atom is -0.338 e. The largest absolute Gasteiger partial charge is 0.338 e. The summed E-state index contributed by atoms with van der Waals surface area (Å²) in [4.78, 5) is 30.6. The highest BCUT2D eigenvalue weighted by molar-refractivity contribution is 5.75. The Kier molecular flexibility index (Phi) is 6.60. The zero-order chi connectivity index (χ0) is 25.9. The first-order valence-corrected chi connectivity index (χ1v) is 14.8. The average Bonchev–Trinajstić information content (AvgIpc) is 3.16. The van der Waals surface area contributed by atoms with Crippen molar-refractivity contribution in [2.75, 3.05) is 26.2 Å². The number of nitrogens with zero attached hydrogens (tertiary/aromatic N) is 2. The lowest BCUT2D eigenvalue weighted by Crippen LogP contribution is -2.46. The molecule has 5 fully saturated rings. The normalized spacial score (nSPS) is 40.7. The third kappa shape index (κ3) is 5.53. The van der Waals surface area contributed by atoms with Crippen LogP contribution in [0.5, 0.6) is 0 Å². The first-order chi connectivity index (χ1) is 16.7. The van der Waals surface area contributed by atoms with E-state index in [9.17, 15) is 9.59 Å². The molecule has 0 radical (unpaired) electrons. The number of carbonyl (C=O) groups is 2. The fourth-order valence-corrected chi connectivity index (χ4v) is 9.83.